The number of aryl methyl sites for hydroxylation is 1. The van der Waals surface area contributed by atoms with Crippen molar-refractivity contribution in [2.75, 3.05) is 18.9 Å². The van der Waals surface area contributed by atoms with Crippen LogP contribution in [0.4, 0.5) is 5.69 Å². The minimum absolute atomic E-state index is 0.568. The highest BCUT2D eigenvalue weighted by atomic mass is 16.5. The number of furan rings is 1. The van der Waals surface area contributed by atoms with Gasteiger partial charge >= 0.3 is 0 Å². The van der Waals surface area contributed by atoms with Crippen LogP contribution in [0.1, 0.15) is 19.6 Å². The molecule has 0 saturated carbocycles. The molecule has 4 nitrogen and oxygen atoms in total. The molecule has 1 aromatic carbocycles. The van der Waals surface area contributed by atoms with E-state index < -0.39 is 0 Å². The molecule has 0 aliphatic rings. The van der Waals surface area contributed by atoms with Crippen molar-refractivity contribution in [3.8, 4) is 22.8 Å². The molecule has 2 rings (SSSR count). The van der Waals surface area contributed by atoms with Gasteiger partial charge in [0.2, 0.25) is 0 Å². The number of hydrogen-bond acceptors (Lipinski definition) is 4. The van der Waals surface area contributed by atoms with Gasteiger partial charge in [-0.05, 0) is 39.0 Å². The Bertz CT molecular complexity index is 561. The summed E-state index contributed by atoms with van der Waals surface area (Å²) >= 11 is 0. The Kier molecular flexibility index (Phi) is 4.00. The first-order chi connectivity index (χ1) is 9.15. The van der Waals surface area contributed by atoms with Gasteiger partial charge in [-0.15, -0.1) is 0 Å². The van der Waals surface area contributed by atoms with Crippen molar-refractivity contribution in [3.63, 3.8) is 0 Å². The Morgan fingerprint density at radius 1 is 1.05 bits per heavy atom. The van der Waals surface area contributed by atoms with E-state index in [0.717, 1.165) is 17.1 Å². The van der Waals surface area contributed by atoms with E-state index in [9.17, 15) is 0 Å². The van der Waals surface area contributed by atoms with E-state index in [0.29, 0.717) is 30.4 Å². The lowest BCUT2D eigenvalue weighted by Gasteiger charge is -2.13. The van der Waals surface area contributed by atoms with Crippen LogP contribution >= 0.6 is 0 Å². The number of anilines is 1. The predicted molar refractivity (Wildman–Crippen MR) is 75.6 cm³/mol. The molecule has 0 radical (unpaired) electrons. The van der Waals surface area contributed by atoms with E-state index in [4.69, 9.17) is 19.6 Å². The molecule has 0 spiro atoms. The maximum Gasteiger partial charge on any atom is 0.163 e. The molecule has 19 heavy (non-hydrogen) atoms. The molecule has 0 amide bonds. The highest BCUT2D eigenvalue weighted by Crippen LogP contribution is 2.38. The molecular weight excluding hydrogens is 242 g/mol. The van der Waals surface area contributed by atoms with Crippen LogP contribution in [0.15, 0.2) is 28.7 Å². The first-order valence-corrected chi connectivity index (χ1v) is 6.41. The second-order valence-corrected chi connectivity index (χ2v) is 4.16. The molecular formula is C15H19NO3. The zero-order valence-electron chi connectivity index (χ0n) is 11.5. The van der Waals surface area contributed by atoms with Gasteiger partial charge in [-0.1, -0.05) is 0 Å². The third kappa shape index (κ3) is 2.84. The van der Waals surface area contributed by atoms with Crippen LogP contribution in [0.5, 0.6) is 11.5 Å². The molecule has 0 fully saturated rings. The summed E-state index contributed by atoms with van der Waals surface area (Å²) in [6, 6.07) is 7.45. The zero-order valence-corrected chi connectivity index (χ0v) is 11.5. The summed E-state index contributed by atoms with van der Waals surface area (Å²) < 4.78 is 16.7. The number of benzene rings is 1. The van der Waals surface area contributed by atoms with Crippen molar-refractivity contribution in [1.82, 2.24) is 0 Å². The summed E-state index contributed by atoms with van der Waals surface area (Å²) in [6.45, 7) is 6.90. The van der Waals surface area contributed by atoms with Gasteiger partial charge in [0.1, 0.15) is 11.5 Å². The van der Waals surface area contributed by atoms with Crippen LogP contribution in [0, 0.1) is 6.92 Å². The summed E-state index contributed by atoms with van der Waals surface area (Å²) in [5.41, 5.74) is 7.49. The highest BCUT2D eigenvalue weighted by Gasteiger charge is 2.13. The van der Waals surface area contributed by atoms with Crippen molar-refractivity contribution in [3.05, 3.63) is 30.0 Å². The third-order valence-electron chi connectivity index (χ3n) is 2.72. The van der Waals surface area contributed by atoms with Crippen LogP contribution < -0.4 is 15.2 Å². The number of nitrogens with two attached hydrogens (primary N) is 1. The quantitative estimate of drug-likeness (QED) is 0.835. The summed E-state index contributed by atoms with van der Waals surface area (Å²) in [5.74, 6) is 2.93. The third-order valence-corrected chi connectivity index (χ3v) is 2.72. The average molecular weight is 261 g/mol. The van der Waals surface area contributed by atoms with Crippen molar-refractivity contribution in [1.29, 1.82) is 0 Å². The fraction of sp³-hybridized carbons (Fsp3) is 0.333. The fourth-order valence-electron chi connectivity index (χ4n) is 1.90. The molecule has 2 aromatic rings. The first-order valence-electron chi connectivity index (χ1n) is 6.41. The summed E-state index contributed by atoms with van der Waals surface area (Å²) in [6.07, 6.45) is 0. The van der Waals surface area contributed by atoms with E-state index in [-0.39, 0.29) is 0 Å². The molecule has 0 aliphatic heterocycles. The molecule has 4 heteroatoms. The Morgan fingerprint density at radius 3 is 2.21 bits per heavy atom. The monoisotopic (exact) mass is 261 g/mol. The lowest BCUT2D eigenvalue weighted by atomic mass is 10.1. The molecule has 0 bridgehead atoms. The SMILES string of the molecule is CCOc1cc(N)c(-c2ccc(C)o2)cc1OCC. The first kappa shape index (κ1) is 13.3. The second-order valence-electron chi connectivity index (χ2n) is 4.16. The molecule has 0 aliphatic carbocycles. The van der Waals surface area contributed by atoms with E-state index >= 15 is 0 Å². The number of rotatable bonds is 5. The molecule has 1 heterocycles. The Morgan fingerprint density at radius 2 is 1.68 bits per heavy atom. The fourth-order valence-corrected chi connectivity index (χ4v) is 1.90. The normalized spacial score (nSPS) is 10.5. The Hall–Kier alpha value is -2.10. The largest absolute Gasteiger partial charge is 0.490 e. The Balaban J connectivity index is 2.47. The van der Waals surface area contributed by atoms with Crippen LogP contribution in [0.25, 0.3) is 11.3 Å². The van der Waals surface area contributed by atoms with Crippen molar-refractivity contribution < 1.29 is 13.9 Å². The summed E-state index contributed by atoms with van der Waals surface area (Å²) in [7, 11) is 0. The van der Waals surface area contributed by atoms with Gasteiger partial charge in [0, 0.05) is 17.3 Å². The van der Waals surface area contributed by atoms with Gasteiger partial charge in [-0.25, -0.2) is 0 Å². The smallest absolute Gasteiger partial charge is 0.163 e. The molecule has 0 unspecified atom stereocenters. The van der Waals surface area contributed by atoms with E-state index in [1.165, 1.54) is 0 Å². The number of ether oxygens (including phenoxy) is 2. The van der Waals surface area contributed by atoms with Gasteiger partial charge in [-0.2, -0.15) is 0 Å². The Labute approximate surface area is 113 Å². The number of hydrogen-bond donors (Lipinski definition) is 1. The maximum atomic E-state index is 6.06. The minimum Gasteiger partial charge on any atom is -0.490 e. The van der Waals surface area contributed by atoms with Crippen molar-refractivity contribution in [2.45, 2.75) is 20.8 Å². The minimum atomic E-state index is 0.568. The van der Waals surface area contributed by atoms with E-state index in [1.54, 1.807) is 6.07 Å². The van der Waals surface area contributed by atoms with E-state index in [2.05, 4.69) is 0 Å². The van der Waals surface area contributed by atoms with Crippen LogP contribution in [0.3, 0.4) is 0 Å². The molecule has 0 saturated heterocycles. The standard InChI is InChI=1S/C15H19NO3/c1-4-17-14-8-11(13-7-6-10(3)19-13)12(16)9-15(14)18-5-2/h6-9H,4-5,16H2,1-3H3. The zero-order chi connectivity index (χ0) is 13.8. The lowest BCUT2D eigenvalue weighted by Crippen LogP contribution is -2.00. The average Bonchev–Trinajstić information content (AvgIpc) is 2.79. The van der Waals surface area contributed by atoms with Crippen molar-refractivity contribution >= 4 is 5.69 Å². The van der Waals surface area contributed by atoms with Gasteiger partial charge in [-0.3, -0.25) is 0 Å². The lowest BCUT2D eigenvalue weighted by molar-refractivity contribution is 0.288. The maximum absolute atomic E-state index is 6.06. The van der Waals surface area contributed by atoms with Crippen LogP contribution in [0.2, 0.25) is 0 Å². The molecule has 1 aromatic heterocycles. The topological polar surface area (TPSA) is 57.6 Å². The summed E-state index contributed by atoms with van der Waals surface area (Å²) in [4.78, 5) is 0. The van der Waals surface area contributed by atoms with Gasteiger partial charge < -0.3 is 19.6 Å². The molecule has 102 valence electrons. The summed E-state index contributed by atoms with van der Waals surface area (Å²) in [5, 5.41) is 0. The van der Waals surface area contributed by atoms with E-state index in [1.807, 2.05) is 39.0 Å². The highest BCUT2D eigenvalue weighted by molar-refractivity contribution is 5.77. The predicted octanol–water partition coefficient (Wildman–Crippen LogP) is 3.63. The van der Waals surface area contributed by atoms with Gasteiger partial charge in [0.25, 0.3) is 0 Å². The molecule has 2 N–H and O–H groups in total. The van der Waals surface area contributed by atoms with Crippen LogP contribution in [-0.4, -0.2) is 13.2 Å². The molecule has 0 atom stereocenters. The number of nitrogen functional groups attached to an aromatic ring is 1. The van der Waals surface area contributed by atoms with Crippen LogP contribution in [-0.2, 0) is 0 Å². The van der Waals surface area contributed by atoms with Gasteiger partial charge in [0.15, 0.2) is 11.5 Å². The van der Waals surface area contributed by atoms with Crippen molar-refractivity contribution in [2.24, 2.45) is 0 Å². The van der Waals surface area contributed by atoms with Gasteiger partial charge in [0.05, 0.1) is 13.2 Å². The second kappa shape index (κ2) is 5.69.